The molecule has 1 rings (SSSR count). The van der Waals surface area contributed by atoms with Crippen LogP contribution in [0.1, 0.15) is 27.2 Å². The summed E-state index contributed by atoms with van der Waals surface area (Å²) in [5, 5.41) is 2.72. The molecule has 4 heteroatoms. The summed E-state index contributed by atoms with van der Waals surface area (Å²) in [6.45, 7) is 6.06. The van der Waals surface area contributed by atoms with E-state index in [1.165, 1.54) is 0 Å². The van der Waals surface area contributed by atoms with Gasteiger partial charge in [-0.25, -0.2) is 0 Å². The molecule has 0 aromatic heterocycles. The summed E-state index contributed by atoms with van der Waals surface area (Å²) in [6, 6.07) is -0.713. The van der Waals surface area contributed by atoms with Crippen molar-refractivity contribution in [1.29, 1.82) is 0 Å². The van der Waals surface area contributed by atoms with Gasteiger partial charge in [-0.15, -0.1) is 0 Å². The summed E-state index contributed by atoms with van der Waals surface area (Å²) in [6.07, 6.45) is 4.41. The minimum absolute atomic E-state index is 0.0164. The normalized spacial score (nSPS) is 27.3. The number of amides is 2. The van der Waals surface area contributed by atoms with Crippen LogP contribution in [0.4, 0.5) is 0 Å². The fourth-order valence-electron chi connectivity index (χ4n) is 1.63. The number of rotatable bonds is 3. The lowest BCUT2D eigenvalue weighted by atomic mass is 10.1. The van der Waals surface area contributed by atoms with E-state index in [2.05, 4.69) is 5.32 Å². The summed E-state index contributed by atoms with van der Waals surface area (Å²) < 4.78 is 0. The van der Waals surface area contributed by atoms with Gasteiger partial charge in [0.05, 0.1) is 0 Å². The van der Waals surface area contributed by atoms with Crippen LogP contribution in [-0.4, -0.2) is 35.3 Å². The molecule has 1 saturated heterocycles. The number of piperazine rings is 1. The van der Waals surface area contributed by atoms with Crippen LogP contribution in [0.25, 0.3) is 0 Å². The van der Waals surface area contributed by atoms with Crippen molar-refractivity contribution < 1.29 is 9.59 Å². The van der Waals surface area contributed by atoms with Crippen LogP contribution in [0.3, 0.4) is 0 Å². The standard InChI is InChI=1S/C11H18N2O2/c1-4-6-7-13-8(3)10(14)12-9(5-2)11(13)15/h4,6,8-9H,5,7H2,1-3H3,(H,12,14)/b6-4+. The van der Waals surface area contributed by atoms with E-state index >= 15 is 0 Å². The van der Waals surface area contributed by atoms with E-state index in [4.69, 9.17) is 0 Å². The average Bonchev–Trinajstić information content (AvgIpc) is 2.23. The Morgan fingerprint density at radius 3 is 2.67 bits per heavy atom. The van der Waals surface area contributed by atoms with Crippen molar-refractivity contribution in [2.24, 2.45) is 0 Å². The van der Waals surface area contributed by atoms with Crippen LogP contribution in [0.15, 0.2) is 12.2 Å². The number of nitrogens with one attached hydrogen (secondary N) is 1. The number of hydrogen-bond acceptors (Lipinski definition) is 2. The third-order valence-corrected chi connectivity index (χ3v) is 2.69. The second kappa shape index (κ2) is 4.96. The van der Waals surface area contributed by atoms with Crippen molar-refractivity contribution in [1.82, 2.24) is 10.2 Å². The van der Waals surface area contributed by atoms with Crippen molar-refractivity contribution in [2.45, 2.75) is 39.3 Å². The van der Waals surface area contributed by atoms with Gasteiger partial charge in [0.15, 0.2) is 0 Å². The highest BCUT2D eigenvalue weighted by Gasteiger charge is 2.36. The van der Waals surface area contributed by atoms with Gasteiger partial charge < -0.3 is 10.2 Å². The van der Waals surface area contributed by atoms with E-state index in [-0.39, 0.29) is 23.9 Å². The van der Waals surface area contributed by atoms with Crippen LogP contribution in [0.2, 0.25) is 0 Å². The summed E-state index contributed by atoms with van der Waals surface area (Å²) in [4.78, 5) is 25.1. The van der Waals surface area contributed by atoms with E-state index < -0.39 is 0 Å². The molecule has 15 heavy (non-hydrogen) atoms. The van der Waals surface area contributed by atoms with E-state index in [1.54, 1.807) is 11.8 Å². The van der Waals surface area contributed by atoms with Crippen LogP contribution >= 0.6 is 0 Å². The molecule has 0 radical (unpaired) electrons. The highest BCUT2D eigenvalue weighted by Crippen LogP contribution is 2.11. The molecule has 4 nitrogen and oxygen atoms in total. The number of carbonyl (C=O) groups excluding carboxylic acids is 2. The molecule has 84 valence electrons. The first kappa shape index (κ1) is 11.8. The largest absolute Gasteiger partial charge is 0.343 e. The molecule has 0 aromatic carbocycles. The Hall–Kier alpha value is -1.32. The summed E-state index contributed by atoms with van der Waals surface area (Å²) >= 11 is 0. The zero-order valence-corrected chi connectivity index (χ0v) is 9.49. The highest BCUT2D eigenvalue weighted by atomic mass is 16.2. The lowest BCUT2D eigenvalue weighted by molar-refractivity contribution is -0.148. The number of carbonyl (C=O) groups is 2. The second-order valence-corrected chi connectivity index (χ2v) is 3.71. The van der Waals surface area contributed by atoms with Crippen LogP contribution in [-0.2, 0) is 9.59 Å². The van der Waals surface area contributed by atoms with Crippen LogP contribution < -0.4 is 5.32 Å². The highest BCUT2D eigenvalue weighted by molar-refractivity contribution is 5.96. The van der Waals surface area contributed by atoms with Gasteiger partial charge in [-0.1, -0.05) is 19.1 Å². The molecule has 2 amide bonds. The molecule has 1 fully saturated rings. The lowest BCUT2D eigenvalue weighted by Crippen LogP contribution is -2.62. The van der Waals surface area contributed by atoms with Gasteiger partial charge in [0.25, 0.3) is 0 Å². The fraction of sp³-hybridized carbons (Fsp3) is 0.636. The maximum Gasteiger partial charge on any atom is 0.246 e. The van der Waals surface area contributed by atoms with Gasteiger partial charge in [-0.3, -0.25) is 9.59 Å². The first-order valence-electron chi connectivity index (χ1n) is 5.33. The minimum atomic E-state index is -0.364. The van der Waals surface area contributed by atoms with Crippen LogP contribution in [0.5, 0.6) is 0 Å². The maximum atomic E-state index is 11.9. The zero-order valence-electron chi connectivity index (χ0n) is 9.49. The minimum Gasteiger partial charge on any atom is -0.343 e. The molecule has 1 N–H and O–H groups in total. The van der Waals surface area contributed by atoms with Crippen LogP contribution in [0, 0.1) is 0 Å². The second-order valence-electron chi connectivity index (χ2n) is 3.71. The fourth-order valence-corrected chi connectivity index (χ4v) is 1.63. The monoisotopic (exact) mass is 210 g/mol. The molecular weight excluding hydrogens is 192 g/mol. The maximum absolute atomic E-state index is 11.9. The Bertz CT molecular complexity index is 286. The van der Waals surface area contributed by atoms with Gasteiger partial charge in [0, 0.05) is 6.54 Å². The quantitative estimate of drug-likeness (QED) is 0.697. The Morgan fingerprint density at radius 2 is 2.13 bits per heavy atom. The number of hydrogen-bond donors (Lipinski definition) is 1. The molecule has 0 bridgehead atoms. The van der Waals surface area contributed by atoms with E-state index in [0.717, 1.165) is 0 Å². The molecule has 1 aliphatic heterocycles. The number of allylic oxidation sites excluding steroid dienone is 1. The van der Waals surface area contributed by atoms with Crippen molar-refractivity contribution in [2.75, 3.05) is 6.54 Å². The molecule has 0 aliphatic carbocycles. The average molecular weight is 210 g/mol. The molecule has 2 atom stereocenters. The number of nitrogens with zero attached hydrogens (tertiary/aromatic N) is 1. The Balaban J connectivity index is 2.79. The predicted molar refractivity (Wildman–Crippen MR) is 58.2 cm³/mol. The Labute approximate surface area is 90.3 Å². The summed E-state index contributed by atoms with van der Waals surface area (Å²) in [7, 11) is 0. The van der Waals surface area contributed by atoms with Gasteiger partial charge in [0.2, 0.25) is 11.8 Å². The first-order valence-corrected chi connectivity index (χ1v) is 5.33. The zero-order chi connectivity index (χ0) is 11.4. The van der Waals surface area contributed by atoms with Crippen molar-refractivity contribution >= 4 is 11.8 Å². The van der Waals surface area contributed by atoms with Crippen molar-refractivity contribution in [3.8, 4) is 0 Å². The topological polar surface area (TPSA) is 49.4 Å². The van der Waals surface area contributed by atoms with Gasteiger partial charge >= 0.3 is 0 Å². The smallest absolute Gasteiger partial charge is 0.246 e. The third kappa shape index (κ3) is 2.37. The SMILES string of the molecule is C/C=C/CN1C(=O)C(CC)NC(=O)C1C. The summed E-state index contributed by atoms with van der Waals surface area (Å²) in [5.74, 6) is -0.0475. The first-order chi connectivity index (χ1) is 7.11. The molecule has 2 unspecified atom stereocenters. The summed E-state index contributed by atoms with van der Waals surface area (Å²) in [5.41, 5.74) is 0. The van der Waals surface area contributed by atoms with Gasteiger partial charge in [-0.2, -0.15) is 0 Å². The third-order valence-electron chi connectivity index (χ3n) is 2.69. The molecule has 0 saturated carbocycles. The Kier molecular flexibility index (Phi) is 3.88. The predicted octanol–water partition coefficient (Wildman–Crippen LogP) is 0.688. The van der Waals surface area contributed by atoms with Gasteiger partial charge in [-0.05, 0) is 20.3 Å². The van der Waals surface area contributed by atoms with E-state index in [1.807, 2.05) is 26.0 Å². The van der Waals surface area contributed by atoms with E-state index in [9.17, 15) is 9.59 Å². The molecular formula is C11H18N2O2. The van der Waals surface area contributed by atoms with Gasteiger partial charge in [0.1, 0.15) is 12.1 Å². The van der Waals surface area contributed by atoms with Crippen molar-refractivity contribution in [3.05, 3.63) is 12.2 Å². The van der Waals surface area contributed by atoms with E-state index in [0.29, 0.717) is 13.0 Å². The Morgan fingerprint density at radius 1 is 1.47 bits per heavy atom. The molecule has 0 aromatic rings. The lowest BCUT2D eigenvalue weighted by Gasteiger charge is -2.36. The molecule has 0 spiro atoms. The van der Waals surface area contributed by atoms with Crippen molar-refractivity contribution in [3.63, 3.8) is 0 Å². The molecule has 1 aliphatic rings. The molecule has 1 heterocycles.